The van der Waals surface area contributed by atoms with Crippen molar-refractivity contribution in [3.05, 3.63) is 71.0 Å². The number of halogens is 1. The van der Waals surface area contributed by atoms with Crippen molar-refractivity contribution < 1.29 is 9.13 Å². The maximum absolute atomic E-state index is 13.3. The van der Waals surface area contributed by atoms with E-state index in [4.69, 9.17) is 4.74 Å². The van der Waals surface area contributed by atoms with E-state index in [-0.39, 0.29) is 11.2 Å². The molecule has 2 aromatic rings. The Morgan fingerprint density at radius 2 is 1.89 bits per heavy atom. The molecule has 1 heterocycles. The summed E-state index contributed by atoms with van der Waals surface area (Å²) in [6.45, 7) is 5.24. The molecule has 0 spiro atoms. The van der Waals surface area contributed by atoms with Gasteiger partial charge < -0.3 is 15.4 Å². The maximum atomic E-state index is 13.3. The highest BCUT2D eigenvalue weighted by atomic mass is 19.1. The number of hydrogen-bond donors (Lipinski definition) is 2. The molecule has 5 heteroatoms. The predicted octanol–water partition coefficient (Wildman–Crippen LogP) is 3.59. The topological polar surface area (TPSA) is 45.7 Å². The van der Waals surface area contributed by atoms with Crippen LogP contribution in [0.2, 0.25) is 0 Å². The van der Waals surface area contributed by atoms with Crippen LogP contribution in [0.3, 0.4) is 0 Å². The van der Waals surface area contributed by atoms with Gasteiger partial charge in [-0.15, -0.1) is 0 Å². The summed E-state index contributed by atoms with van der Waals surface area (Å²) in [6, 6.07) is 15.4. The van der Waals surface area contributed by atoms with Crippen LogP contribution >= 0.6 is 0 Å². The highest BCUT2D eigenvalue weighted by molar-refractivity contribution is 5.79. The summed E-state index contributed by atoms with van der Waals surface area (Å²) in [4.78, 5) is 4.36. The van der Waals surface area contributed by atoms with Gasteiger partial charge in [-0.25, -0.2) is 4.39 Å². The summed E-state index contributed by atoms with van der Waals surface area (Å²) in [5.41, 5.74) is 3.73. The molecule has 150 valence electrons. The van der Waals surface area contributed by atoms with Gasteiger partial charge in [-0.1, -0.05) is 36.4 Å². The first kappa shape index (κ1) is 20.3. The number of guanidine groups is 1. The molecule has 28 heavy (non-hydrogen) atoms. The van der Waals surface area contributed by atoms with Gasteiger partial charge in [-0.2, -0.15) is 0 Å². The van der Waals surface area contributed by atoms with Crippen molar-refractivity contribution >= 4 is 5.96 Å². The highest BCUT2D eigenvalue weighted by Crippen LogP contribution is 2.36. The smallest absolute Gasteiger partial charge is 0.191 e. The lowest BCUT2D eigenvalue weighted by atomic mass is 9.72. The van der Waals surface area contributed by atoms with Gasteiger partial charge in [0.05, 0.1) is 0 Å². The van der Waals surface area contributed by atoms with Crippen LogP contribution in [0.1, 0.15) is 29.5 Å². The largest absolute Gasteiger partial charge is 0.381 e. The van der Waals surface area contributed by atoms with Crippen molar-refractivity contribution in [1.82, 2.24) is 10.6 Å². The standard InChI is InChI=1S/C23H30FN3O/c1-18-6-3-4-9-21(18)23(11-14-28-15-12-23)17-27-22(25-2)26-13-10-19-7-5-8-20(24)16-19/h3-9,16H,10-15,17H2,1-2H3,(H2,25,26,27). The zero-order valence-electron chi connectivity index (χ0n) is 16.8. The van der Waals surface area contributed by atoms with Crippen molar-refractivity contribution in [2.75, 3.05) is 33.4 Å². The van der Waals surface area contributed by atoms with E-state index >= 15 is 0 Å². The fraction of sp³-hybridized carbons (Fsp3) is 0.435. The second kappa shape index (κ2) is 9.69. The van der Waals surface area contributed by atoms with E-state index in [1.165, 1.54) is 17.2 Å². The van der Waals surface area contributed by atoms with Gasteiger partial charge in [-0.3, -0.25) is 4.99 Å². The van der Waals surface area contributed by atoms with Crippen molar-refractivity contribution in [3.8, 4) is 0 Å². The van der Waals surface area contributed by atoms with Crippen molar-refractivity contribution in [2.24, 2.45) is 4.99 Å². The lowest BCUT2D eigenvalue weighted by Crippen LogP contribution is -2.48. The third-order valence-electron chi connectivity index (χ3n) is 5.58. The second-order valence-corrected chi connectivity index (χ2v) is 7.44. The molecule has 0 amide bonds. The van der Waals surface area contributed by atoms with Crippen LogP contribution in [-0.4, -0.2) is 39.3 Å². The number of aryl methyl sites for hydroxylation is 1. The summed E-state index contributed by atoms with van der Waals surface area (Å²) in [7, 11) is 1.78. The minimum absolute atomic E-state index is 0.0454. The molecule has 0 saturated carbocycles. The van der Waals surface area contributed by atoms with Crippen molar-refractivity contribution in [2.45, 2.75) is 31.6 Å². The van der Waals surface area contributed by atoms with Crippen LogP contribution in [0.15, 0.2) is 53.5 Å². The number of nitrogens with one attached hydrogen (secondary N) is 2. The van der Waals surface area contributed by atoms with E-state index in [2.05, 4.69) is 46.8 Å². The first-order valence-electron chi connectivity index (χ1n) is 9.96. The average molecular weight is 384 g/mol. The first-order valence-corrected chi connectivity index (χ1v) is 9.96. The fourth-order valence-corrected chi connectivity index (χ4v) is 3.96. The number of aliphatic imine (C=N–C) groups is 1. The molecule has 1 aliphatic rings. The van der Waals surface area contributed by atoms with E-state index in [9.17, 15) is 4.39 Å². The quantitative estimate of drug-likeness (QED) is 0.592. The van der Waals surface area contributed by atoms with E-state index < -0.39 is 0 Å². The average Bonchev–Trinajstić information content (AvgIpc) is 2.71. The number of benzene rings is 2. The van der Waals surface area contributed by atoms with Gasteiger partial charge in [0.2, 0.25) is 0 Å². The van der Waals surface area contributed by atoms with Crippen molar-refractivity contribution in [1.29, 1.82) is 0 Å². The summed E-state index contributed by atoms with van der Waals surface area (Å²) in [5.74, 6) is 0.579. The van der Waals surface area contributed by atoms with Gasteiger partial charge in [0.25, 0.3) is 0 Å². The third-order valence-corrected chi connectivity index (χ3v) is 5.58. The molecule has 1 aliphatic heterocycles. The molecule has 0 atom stereocenters. The predicted molar refractivity (Wildman–Crippen MR) is 112 cm³/mol. The van der Waals surface area contributed by atoms with Gasteiger partial charge in [-0.05, 0) is 55.0 Å². The van der Waals surface area contributed by atoms with Crippen molar-refractivity contribution in [3.63, 3.8) is 0 Å². The molecule has 1 fully saturated rings. The Labute approximate surface area is 167 Å². The highest BCUT2D eigenvalue weighted by Gasteiger charge is 2.35. The molecule has 1 saturated heterocycles. The molecule has 3 rings (SSSR count). The van der Waals surface area contributed by atoms with Crippen LogP contribution in [0.25, 0.3) is 0 Å². The Kier molecular flexibility index (Phi) is 7.04. The van der Waals surface area contributed by atoms with Crippen LogP contribution in [-0.2, 0) is 16.6 Å². The van der Waals surface area contributed by atoms with Gasteiger partial charge in [0.15, 0.2) is 5.96 Å². The van der Waals surface area contributed by atoms with Gasteiger partial charge in [0.1, 0.15) is 5.82 Å². The Morgan fingerprint density at radius 3 is 2.61 bits per heavy atom. The molecule has 2 N–H and O–H groups in total. The van der Waals surface area contributed by atoms with Gasteiger partial charge in [0, 0.05) is 38.8 Å². The van der Waals surface area contributed by atoms with Crippen LogP contribution < -0.4 is 10.6 Å². The minimum Gasteiger partial charge on any atom is -0.381 e. The number of ether oxygens (including phenoxy) is 1. The Balaban J connectivity index is 1.61. The molecule has 0 bridgehead atoms. The summed E-state index contributed by atoms with van der Waals surface area (Å²) >= 11 is 0. The zero-order valence-corrected chi connectivity index (χ0v) is 16.8. The Bertz CT molecular complexity index is 800. The van der Waals surface area contributed by atoms with Crippen LogP contribution in [0.5, 0.6) is 0 Å². The van der Waals surface area contributed by atoms with E-state index in [0.717, 1.165) is 50.5 Å². The maximum Gasteiger partial charge on any atom is 0.191 e. The molecule has 0 radical (unpaired) electrons. The summed E-state index contributed by atoms with van der Waals surface area (Å²) in [5, 5.41) is 6.86. The molecule has 2 aromatic carbocycles. The third kappa shape index (κ3) is 5.10. The Morgan fingerprint density at radius 1 is 1.11 bits per heavy atom. The lowest BCUT2D eigenvalue weighted by molar-refractivity contribution is 0.0512. The van der Waals surface area contributed by atoms with Gasteiger partial charge >= 0.3 is 0 Å². The first-order chi connectivity index (χ1) is 13.6. The fourth-order valence-electron chi connectivity index (χ4n) is 3.96. The normalized spacial score (nSPS) is 16.6. The molecule has 4 nitrogen and oxygen atoms in total. The Hall–Kier alpha value is -2.40. The zero-order chi connectivity index (χ0) is 19.8. The molecular weight excluding hydrogens is 353 g/mol. The summed E-state index contributed by atoms with van der Waals surface area (Å²) in [6.07, 6.45) is 2.73. The lowest BCUT2D eigenvalue weighted by Gasteiger charge is -2.39. The molecule has 0 unspecified atom stereocenters. The van der Waals surface area contributed by atoms with Crippen LogP contribution in [0.4, 0.5) is 4.39 Å². The second-order valence-electron chi connectivity index (χ2n) is 7.44. The SMILES string of the molecule is CN=C(NCCc1cccc(F)c1)NCC1(c2ccccc2C)CCOCC1. The van der Waals surface area contributed by atoms with E-state index in [1.54, 1.807) is 19.2 Å². The number of hydrogen-bond acceptors (Lipinski definition) is 2. The van der Waals surface area contributed by atoms with Crippen LogP contribution in [0, 0.1) is 12.7 Å². The molecular formula is C23H30FN3O. The number of nitrogens with zero attached hydrogens (tertiary/aromatic N) is 1. The minimum atomic E-state index is -0.195. The number of rotatable bonds is 6. The van der Waals surface area contributed by atoms with E-state index in [0.29, 0.717) is 6.54 Å². The summed E-state index contributed by atoms with van der Waals surface area (Å²) < 4.78 is 19.0. The monoisotopic (exact) mass is 383 g/mol. The molecule has 0 aromatic heterocycles. The molecule has 0 aliphatic carbocycles. The van der Waals surface area contributed by atoms with E-state index in [1.807, 2.05) is 6.07 Å².